The number of aromatic nitrogens is 1. The van der Waals surface area contributed by atoms with Crippen LogP contribution in [0.3, 0.4) is 0 Å². The summed E-state index contributed by atoms with van der Waals surface area (Å²) in [4.78, 5) is 15.8. The zero-order valence-corrected chi connectivity index (χ0v) is 17.7. The summed E-state index contributed by atoms with van der Waals surface area (Å²) in [6, 6.07) is 3.60. The van der Waals surface area contributed by atoms with Gasteiger partial charge in [-0.15, -0.1) is 0 Å². The minimum Gasteiger partial charge on any atom is -0.352 e. The normalized spacial score (nSPS) is 10.9. The van der Waals surface area contributed by atoms with E-state index in [0.717, 1.165) is 13.0 Å². The van der Waals surface area contributed by atoms with Gasteiger partial charge in [-0.05, 0) is 18.6 Å². The number of hydrogen-bond donors (Lipinski definition) is 1. The van der Waals surface area contributed by atoms with Gasteiger partial charge >= 0.3 is 0 Å². The van der Waals surface area contributed by atoms with Gasteiger partial charge in [0.05, 0.1) is 5.56 Å². The SMILES string of the molecule is CCCCCCCCCCCCCCCCCCNC(=O)c1cccnc1. The van der Waals surface area contributed by atoms with Crippen LogP contribution in [0.4, 0.5) is 0 Å². The second-order valence-electron chi connectivity index (χ2n) is 7.80. The number of carbonyl (C=O) groups excluding carboxylic acids is 1. The van der Waals surface area contributed by atoms with Crippen LogP contribution in [0, 0.1) is 0 Å². The Morgan fingerprint density at radius 1 is 0.778 bits per heavy atom. The van der Waals surface area contributed by atoms with Crippen LogP contribution in [0.25, 0.3) is 0 Å². The number of nitrogens with zero attached hydrogens (tertiary/aromatic N) is 1. The number of pyridine rings is 1. The Morgan fingerprint density at radius 2 is 1.26 bits per heavy atom. The molecule has 0 aromatic carbocycles. The lowest BCUT2D eigenvalue weighted by atomic mass is 10.0. The van der Waals surface area contributed by atoms with Gasteiger partial charge in [0, 0.05) is 18.9 Å². The van der Waals surface area contributed by atoms with Crippen molar-refractivity contribution in [2.45, 2.75) is 110 Å². The number of rotatable bonds is 18. The Bertz CT molecular complexity index is 447. The van der Waals surface area contributed by atoms with E-state index in [-0.39, 0.29) is 5.91 Å². The molecule has 0 aliphatic heterocycles. The molecule has 0 atom stereocenters. The van der Waals surface area contributed by atoms with Crippen molar-refractivity contribution in [2.75, 3.05) is 6.54 Å². The lowest BCUT2D eigenvalue weighted by Gasteiger charge is -2.05. The highest BCUT2D eigenvalue weighted by atomic mass is 16.1. The Kier molecular flexibility index (Phi) is 15.8. The molecule has 27 heavy (non-hydrogen) atoms. The Morgan fingerprint density at radius 3 is 1.70 bits per heavy atom. The second-order valence-corrected chi connectivity index (χ2v) is 7.80. The average Bonchev–Trinajstić information content (AvgIpc) is 2.70. The van der Waals surface area contributed by atoms with Gasteiger partial charge in [-0.1, -0.05) is 103 Å². The molecular formula is C24H42N2O. The summed E-state index contributed by atoms with van der Waals surface area (Å²) in [6.07, 6.45) is 25.3. The van der Waals surface area contributed by atoms with E-state index in [2.05, 4.69) is 17.2 Å². The van der Waals surface area contributed by atoms with E-state index in [1.165, 1.54) is 96.3 Å². The maximum Gasteiger partial charge on any atom is 0.252 e. The molecule has 1 aromatic heterocycles. The molecule has 1 amide bonds. The first kappa shape index (κ1) is 23.7. The molecule has 0 bridgehead atoms. The zero-order chi connectivity index (χ0) is 19.4. The Labute approximate surface area is 167 Å². The molecule has 0 unspecified atom stereocenters. The van der Waals surface area contributed by atoms with Gasteiger partial charge in [-0.3, -0.25) is 9.78 Å². The van der Waals surface area contributed by atoms with Crippen molar-refractivity contribution in [3.63, 3.8) is 0 Å². The van der Waals surface area contributed by atoms with Crippen LogP contribution in [-0.4, -0.2) is 17.4 Å². The minimum absolute atomic E-state index is 0.0101. The van der Waals surface area contributed by atoms with Crippen LogP contribution in [-0.2, 0) is 0 Å². The van der Waals surface area contributed by atoms with E-state index >= 15 is 0 Å². The van der Waals surface area contributed by atoms with Crippen molar-refractivity contribution in [3.05, 3.63) is 30.1 Å². The summed E-state index contributed by atoms with van der Waals surface area (Å²) >= 11 is 0. The first-order chi connectivity index (χ1) is 13.3. The first-order valence-corrected chi connectivity index (χ1v) is 11.5. The topological polar surface area (TPSA) is 42.0 Å². The first-order valence-electron chi connectivity index (χ1n) is 11.5. The summed E-state index contributed by atoms with van der Waals surface area (Å²) in [5.74, 6) is -0.0101. The van der Waals surface area contributed by atoms with Crippen molar-refractivity contribution >= 4 is 5.91 Å². The summed E-state index contributed by atoms with van der Waals surface area (Å²) in [5.41, 5.74) is 0.647. The van der Waals surface area contributed by atoms with Crippen LogP contribution in [0.5, 0.6) is 0 Å². The van der Waals surface area contributed by atoms with Gasteiger partial charge in [-0.25, -0.2) is 0 Å². The lowest BCUT2D eigenvalue weighted by Crippen LogP contribution is -2.24. The van der Waals surface area contributed by atoms with E-state index in [0.29, 0.717) is 5.56 Å². The third-order valence-electron chi connectivity index (χ3n) is 5.24. The van der Waals surface area contributed by atoms with E-state index in [1.54, 1.807) is 24.5 Å². The standard InChI is InChI=1S/C24H42N2O/c1-2-3-4-5-6-7-8-9-10-11-12-13-14-15-16-17-21-26-24(27)23-19-18-20-25-22-23/h18-20,22H,2-17,21H2,1H3,(H,26,27). The van der Waals surface area contributed by atoms with Gasteiger partial charge in [0.15, 0.2) is 0 Å². The smallest absolute Gasteiger partial charge is 0.252 e. The molecule has 1 rings (SSSR count). The molecule has 0 radical (unpaired) electrons. The van der Waals surface area contributed by atoms with Crippen molar-refractivity contribution in [1.82, 2.24) is 10.3 Å². The van der Waals surface area contributed by atoms with Crippen molar-refractivity contribution < 1.29 is 4.79 Å². The number of carbonyl (C=O) groups is 1. The van der Waals surface area contributed by atoms with Crippen molar-refractivity contribution in [3.8, 4) is 0 Å². The zero-order valence-electron chi connectivity index (χ0n) is 17.7. The summed E-state index contributed by atoms with van der Waals surface area (Å²) < 4.78 is 0. The van der Waals surface area contributed by atoms with Crippen LogP contribution >= 0.6 is 0 Å². The fraction of sp³-hybridized carbons (Fsp3) is 0.750. The van der Waals surface area contributed by atoms with Crippen molar-refractivity contribution in [2.24, 2.45) is 0 Å². The predicted molar refractivity (Wildman–Crippen MR) is 116 cm³/mol. The van der Waals surface area contributed by atoms with E-state index in [9.17, 15) is 4.79 Å². The fourth-order valence-electron chi connectivity index (χ4n) is 3.47. The molecule has 3 heteroatoms. The highest BCUT2D eigenvalue weighted by Crippen LogP contribution is 2.13. The molecule has 1 aromatic rings. The molecular weight excluding hydrogens is 332 g/mol. The number of nitrogens with one attached hydrogen (secondary N) is 1. The van der Waals surface area contributed by atoms with Gasteiger partial charge in [0.2, 0.25) is 0 Å². The van der Waals surface area contributed by atoms with E-state index in [1.807, 2.05) is 0 Å². The summed E-state index contributed by atoms with van der Waals surface area (Å²) in [6.45, 7) is 3.05. The molecule has 0 aliphatic carbocycles. The van der Waals surface area contributed by atoms with Gasteiger partial charge < -0.3 is 5.32 Å². The largest absolute Gasteiger partial charge is 0.352 e. The molecule has 154 valence electrons. The molecule has 0 saturated heterocycles. The van der Waals surface area contributed by atoms with Crippen LogP contribution in [0.2, 0.25) is 0 Å². The Balaban J connectivity index is 1.75. The number of unbranched alkanes of at least 4 members (excludes halogenated alkanes) is 15. The maximum atomic E-state index is 11.9. The molecule has 0 saturated carbocycles. The predicted octanol–water partition coefficient (Wildman–Crippen LogP) is 7.07. The van der Waals surface area contributed by atoms with Crippen LogP contribution in [0.1, 0.15) is 120 Å². The average molecular weight is 375 g/mol. The summed E-state index contributed by atoms with van der Waals surface area (Å²) in [7, 11) is 0. The second kappa shape index (κ2) is 18.0. The molecule has 3 nitrogen and oxygen atoms in total. The molecule has 0 aliphatic rings. The molecule has 1 heterocycles. The molecule has 0 fully saturated rings. The van der Waals surface area contributed by atoms with Crippen LogP contribution < -0.4 is 5.32 Å². The van der Waals surface area contributed by atoms with E-state index in [4.69, 9.17) is 0 Å². The quantitative estimate of drug-likeness (QED) is 0.279. The minimum atomic E-state index is -0.0101. The Hall–Kier alpha value is -1.38. The van der Waals surface area contributed by atoms with Gasteiger partial charge in [-0.2, -0.15) is 0 Å². The monoisotopic (exact) mass is 374 g/mol. The maximum absolute atomic E-state index is 11.9. The van der Waals surface area contributed by atoms with Crippen LogP contribution in [0.15, 0.2) is 24.5 Å². The van der Waals surface area contributed by atoms with E-state index < -0.39 is 0 Å². The number of hydrogen-bond acceptors (Lipinski definition) is 2. The lowest BCUT2D eigenvalue weighted by molar-refractivity contribution is 0.0952. The number of amides is 1. The third kappa shape index (κ3) is 14.4. The molecule has 1 N–H and O–H groups in total. The van der Waals surface area contributed by atoms with Crippen molar-refractivity contribution in [1.29, 1.82) is 0 Å². The highest BCUT2D eigenvalue weighted by Gasteiger charge is 2.03. The summed E-state index contributed by atoms with van der Waals surface area (Å²) in [5, 5.41) is 2.97. The third-order valence-corrected chi connectivity index (χ3v) is 5.24. The fourth-order valence-corrected chi connectivity index (χ4v) is 3.47. The van der Waals surface area contributed by atoms with Gasteiger partial charge in [0.25, 0.3) is 5.91 Å². The van der Waals surface area contributed by atoms with Gasteiger partial charge in [0.1, 0.15) is 0 Å². The highest BCUT2D eigenvalue weighted by molar-refractivity contribution is 5.93. The molecule has 0 spiro atoms.